The predicted octanol–water partition coefficient (Wildman–Crippen LogP) is 4.49. The third-order valence-electron chi connectivity index (χ3n) is 3.83. The van der Waals surface area contributed by atoms with Crippen LogP contribution in [-0.2, 0) is 0 Å². The van der Waals surface area contributed by atoms with Crippen molar-refractivity contribution in [2.75, 3.05) is 5.32 Å². The number of fused-ring (bicyclic) bond motifs is 1. The van der Waals surface area contributed by atoms with E-state index in [-0.39, 0.29) is 11.0 Å². The average Bonchev–Trinajstić information content (AvgIpc) is 3.13. The summed E-state index contributed by atoms with van der Waals surface area (Å²) in [5.41, 5.74) is 3.27. The zero-order chi connectivity index (χ0) is 18.6. The monoisotopic (exact) mass is 390 g/mol. The first-order valence-corrected chi connectivity index (χ1v) is 9.40. The number of rotatable bonds is 3. The molecular weight excluding hydrogens is 376 g/mol. The van der Waals surface area contributed by atoms with Crippen LogP contribution in [0.3, 0.4) is 0 Å². The van der Waals surface area contributed by atoms with Gasteiger partial charge in [0.15, 0.2) is 5.11 Å². The Bertz CT molecular complexity index is 1070. The van der Waals surface area contributed by atoms with E-state index in [1.165, 1.54) is 6.20 Å². The lowest BCUT2D eigenvalue weighted by Crippen LogP contribution is -2.34. The van der Waals surface area contributed by atoms with Gasteiger partial charge in [-0.05, 0) is 60.7 Å². The highest BCUT2D eigenvalue weighted by atomic mass is 32.1. The van der Waals surface area contributed by atoms with Crippen LogP contribution >= 0.6 is 23.6 Å². The summed E-state index contributed by atoms with van der Waals surface area (Å²) < 4.78 is 1.16. The van der Waals surface area contributed by atoms with Crippen molar-refractivity contribution in [3.8, 4) is 10.6 Å². The number of carbonyl (C=O) groups excluding carboxylic acids is 1. The van der Waals surface area contributed by atoms with Crippen LogP contribution in [0.4, 0.5) is 5.69 Å². The highest BCUT2D eigenvalue weighted by molar-refractivity contribution is 7.80. The highest BCUT2D eigenvalue weighted by Gasteiger charge is 2.09. The number of hydrogen-bond donors (Lipinski definition) is 2. The summed E-state index contributed by atoms with van der Waals surface area (Å²) in [6, 6.07) is 19.2. The van der Waals surface area contributed by atoms with E-state index in [2.05, 4.69) is 26.7 Å². The van der Waals surface area contributed by atoms with E-state index < -0.39 is 0 Å². The van der Waals surface area contributed by atoms with Crippen LogP contribution in [0.2, 0.25) is 0 Å². The summed E-state index contributed by atoms with van der Waals surface area (Å²) in [5, 5.41) is 6.85. The van der Waals surface area contributed by atoms with E-state index in [0.717, 1.165) is 26.5 Å². The second-order valence-corrected chi connectivity index (χ2v) is 7.15. The maximum atomic E-state index is 12.1. The van der Waals surface area contributed by atoms with Crippen molar-refractivity contribution in [3.05, 3.63) is 78.6 Å². The molecule has 4 rings (SSSR count). The number of aromatic nitrogens is 2. The topological polar surface area (TPSA) is 66.9 Å². The van der Waals surface area contributed by atoms with Crippen molar-refractivity contribution in [1.82, 2.24) is 15.3 Å². The van der Waals surface area contributed by atoms with Gasteiger partial charge in [0, 0.05) is 23.6 Å². The van der Waals surface area contributed by atoms with Gasteiger partial charge < -0.3 is 5.32 Å². The second-order valence-electron chi connectivity index (χ2n) is 5.71. The van der Waals surface area contributed by atoms with Crippen LogP contribution in [0.15, 0.2) is 73.1 Å². The van der Waals surface area contributed by atoms with Crippen LogP contribution in [-0.4, -0.2) is 21.0 Å². The number of benzene rings is 2. The normalized spacial score (nSPS) is 10.5. The summed E-state index contributed by atoms with van der Waals surface area (Å²) in [7, 11) is 0. The van der Waals surface area contributed by atoms with Crippen molar-refractivity contribution < 1.29 is 4.79 Å². The molecule has 0 aliphatic carbocycles. The summed E-state index contributed by atoms with van der Waals surface area (Å²) in [5.74, 6) is -0.299. The van der Waals surface area contributed by atoms with Crippen LogP contribution in [0.1, 0.15) is 10.4 Å². The fourth-order valence-electron chi connectivity index (χ4n) is 2.53. The number of anilines is 1. The Morgan fingerprint density at radius 2 is 1.81 bits per heavy atom. The molecule has 0 radical (unpaired) electrons. The first-order valence-electron chi connectivity index (χ1n) is 8.17. The van der Waals surface area contributed by atoms with E-state index in [1.807, 2.05) is 42.5 Å². The molecule has 0 fully saturated rings. The number of pyridine rings is 1. The minimum atomic E-state index is -0.299. The number of carbonyl (C=O) groups is 1. The Hall–Kier alpha value is -3.16. The number of amides is 1. The van der Waals surface area contributed by atoms with E-state index in [1.54, 1.807) is 29.7 Å². The van der Waals surface area contributed by atoms with Gasteiger partial charge in [0.25, 0.3) is 5.91 Å². The first-order chi connectivity index (χ1) is 13.2. The van der Waals surface area contributed by atoms with Crippen LogP contribution in [0.25, 0.3) is 20.8 Å². The van der Waals surface area contributed by atoms with Gasteiger partial charge in [-0.1, -0.05) is 12.1 Å². The molecule has 2 N–H and O–H groups in total. The molecule has 7 heteroatoms. The summed E-state index contributed by atoms with van der Waals surface area (Å²) in [4.78, 5) is 20.7. The van der Waals surface area contributed by atoms with Gasteiger partial charge in [-0.25, -0.2) is 4.98 Å². The lowest BCUT2D eigenvalue weighted by atomic mass is 10.2. The Kier molecular flexibility index (Phi) is 4.86. The number of hydrogen-bond acceptors (Lipinski definition) is 5. The van der Waals surface area contributed by atoms with Gasteiger partial charge >= 0.3 is 0 Å². The first kappa shape index (κ1) is 17.3. The lowest BCUT2D eigenvalue weighted by Gasteiger charge is -2.09. The molecule has 0 atom stereocenters. The molecule has 4 aromatic rings. The fourth-order valence-corrected chi connectivity index (χ4v) is 3.71. The van der Waals surface area contributed by atoms with Crippen molar-refractivity contribution >= 4 is 50.5 Å². The Morgan fingerprint density at radius 1 is 1.00 bits per heavy atom. The fraction of sp³-hybridized carbons (Fsp3) is 0. The molecule has 5 nitrogen and oxygen atoms in total. The van der Waals surface area contributed by atoms with Gasteiger partial charge in [-0.2, -0.15) is 0 Å². The smallest absolute Gasteiger partial charge is 0.258 e. The molecule has 27 heavy (non-hydrogen) atoms. The molecule has 2 aromatic carbocycles. The van der Waals surface area contributed by atoms with Crippen LogP contribution < -0.4 is 10.6 Å². The molecule has 0 unspecified atom stereocenters. The molecule has 0 aliphatic heterocycles. The number of para-hydroxylation sites is 1. The molecule has 2 heterocycles. The third-order valence-corrected chi connectivity index (χ3v) is 5.12. The maximum absolute atomic E-state index is 12.1. The van der Waals surface area contributed by atoms with Crippen molar-refractivity contribution in [3.63, 3.8) is 0 Å². The number of nitrogens with one attached hydrogen (secondary N) is 2. The van der Waals surface area contributed by atoms with E-state index in [0.29, 0.717) is 5.56 Å². The minimum Gasteiger partial charge on any atom is -0.332 e. The van der Waals surface area contributed by atoms with Crippen LogP contribution in [0, 0.1) is 0 Å². The van der Waals surface area contributed by atoms with E-state index in [9.17, 15) is 4.79 Å². The SMILES string of the molecule is O=C(NC(=S)Nc1ccc(-c2nc3ccccc3s2)cc1)c1cccnc1. The molecular formula is C20H14N4OS2. The van der Waals surface area contributed by atoms with Gasteiger partial charge in [0.1, 0.15) is 5.01 Å². The molecule has 2 aromatic heterocycles. The van der Waals surface area contributed by atoms with Gasteiger partial charge in [0.05, 0.1) is 15.8 Å². The lowest BCUT2D eigenvalue weighted by molar-refractivity contribution is 0.0977. The third kappa shape index (κ3) is 3.99. The average molecular weight is 390 g/mol. The Morgan fingerprint density at radius 3 is 2.56 bits per heavy atom. The van der Waals surface area contributed by atoms with Crippen molar-refractivity contribution in [2.24, 2.45) is 0 Å². The van der Waals surface area contributed by atoms with E-state index in [4.69, 9.17) is 12.2 Å². The highest BCUT2D eigenvalue weighted by Crippen LogP contribution is 2.30. The standard InChI is InChI=1S/C20H14N4OS2/c25-18(14-4-3-11-21-12-14)24-20(26)22-15-9-7-13(8-10-15)19-23-16-5-1-2-6-17(16)27-19/h1-12H,(H2,22,24,25,26). The summed E-state index contributed by atoms with van der Waals surface area (Å²) in [6.45, 7) is 0. The largest absolute Gasteiger partial charge is 0.332 e. The molecule has 0 aliphatic rings. The van der Waals surface area contributed by atoms with Crippen LogP contribution in [0.5, 0.6) is 0 Å². The minimum absolute atomic E-state index is 0.233. The van der Waals surface area contributed by atoms with Gasteiger partial charge in [0.2, 0.25) is 0 Å². The summed E-state index contributed by atoms with van der Waals surface area (Å²) in [6.07, 6.45) is 3.10. The van der Waals surface area contributed by atoms with Crippen molar-refractivity contribution in [1.29, 1.82) is 0 Å². The quantitative estimate of drug-likeness (QED) is 0.505. The molecule has 0 saturated heterocycles. The summed E-state index contributed by atoms with van der Waals surface area (Å²) >= 11 is 6.86. The Labute approximate surface area is 165 Å². The molecule has 0 saturated carbocycles. The maximum Gasteiger partial charge on any atom is 0.258 e. The van der Waals surface area contributed by atoms with E-state index >= 15 is 0 Å². The zero-order valence-electron chi connectivity index (χ0n) is 14.0. The molecule has 0 spiro atoms. The Balaban J connectivity index is 1.43. The number of thiocarbonyl (C=S) groups is 1. The number of thiazole rings is 1. The second kappa shape index (κ2) is 7.61. The molecule has 0 bridgehead atoms. The predicted molar refractivity (Wildman–Crippen MR) is 113 cm³/mol. The zero-order valence-corrected chi connectivity index (χ0v) is 15.7. The van der Waals surface area contributed by atoms with Gasteiger partial charge in [-0.15, -0.1) is 11.3 Å². The number of nitrogens with zero attached hydrogens (tertiary/aromatic N) is 2. The molecule has 1 amide bonds. The van der Waals surface area contributed by atoms with Gasteiger partial charge in [-0.3, -0.25) is 15.1 Å². The molecule has 132 valence electrons. The van der Waals surface area contributed by atoms with Crippen molar-refractivity contribution in [2.45, 2.75) is 0 Å².